The molecule has 2 aromatic carbocycles. The number of benzene rings is 2. The molecule has 0 unspecified atom stereocenters. The molecule has 2 rings (SSSR count). The Morgan fingerprint density at radius 2 is 1.92 bits per heavy atom. The molecule has 0 aromatic heterocycles. The summed E-state index contributed by atoms with van der Waals surface area (Å²) in [5, 5.41) is 2.93. The number of likely N-dealkylation sites (N-methyl/N-ethyl adjacent to an activating group) is 1. The molecule has 25 heavy (non-hydrogen) atoms. The van der Waals surface area contributed by atoms with Gasteiger partial charge in [-0.2, -0.15) is 0 Å². The van der Waals surface area contributed by atoms with E-state index in [1.807, 2.05) is 61.3 Å². The van der Waals surface area contributed by atoms with Crippen molar-refractivity contribution in [2.45, 2.75) is 6.92 Å². The van der Waals surface area contributed by atoms with E-state index in [2.05, 4.69) is 21.2 Å². The van der Waals surface area contributed by atoms with E-state index >= 15 is 0 Å². The Hall–Kier alpha value is -2.05. The van der Waals surface area contributed by atoms with Gasteiger partial charge in [0.1, 0.15) is 6.61 Å². The monoisotopic (exact) mass is 406 g/mol. The quantitative estimate of drug-likeness (QED) is 0.725. The molecule has 6 heteroatoms. The zero-order valence-electron chi connectivity index (χ0n) is 14.7. The molecule has 0 aliphatic heterocycles. The van der Waals surface area contributed by atoms with Gasteiger partial charge in [0, 0.05) is 16.7 Å². The summed E-state index contributed by atoms with van der Waals surface area (Å²) in [6.45, 7) is 3.36. The summed E-state index contributed by atoms with van der Waals surface area (Å²) in [5.74, 6) is 1.35. The van der Waals surface area contributed by atoms with Gasteiger partial charge in [-0.25, -0.2) is 0 Å². The highest BCUT2D eigenvalue weighted by molar-refractivity contribution is 9.10. The molecule has 1 N–H and O–H groups in total. The molecule has 0 atom stereocenters. The fourth-order valence-corrected chi connectivity index (χ4v) is 2.81. The number of anilines is 1. The van der Waals surface area contributed by atoms with Crippen LogP contribution in [-0.4, -0.2) is 44.7 Å². The molecule has 0 aliphatic rings. The Morgan fingerprint density at radius 1 is 1.20 bits per heavy atom. The van der Waals surface area contributed by atoms with Gasteiger partial charge in [0.15, 0.2) is 11.5 Å². The van der Waals surface area contributed by atoms with E-state index in [1.165, 1.54) is 0 Å². The second-order valence-corrected chi connectivity index (χ2v) is 6.66. The van der Waals surface area contributed by atoms with Crippen molar-refractivity contribution in [3.8, 4) is 11.5 Å². The highest BCUT2D eigenvalue weighted by atomic mass is 79.9. The first-order valence-corrected chi connectivity index (χ1v) is 8.79. The number of methoxy groups -OCH3 is 1. The van der Waals surface area contributed by atoms with Crippen molar-refractivity contribution >= 4 is 27.5 Å². The third-order valence-electron chi connectivity index (χ3n) is 3.68. The maximum Gasteiger partial charge on any atom is 0.238 e. The molecule has 5 nitrogen and oxygen atoms in total. The zero-order chi connectivity index (χ0) is 18.2. The van der Waals surface area contributed by atoms with Crippen LogP contribution in [0.25, 0.3) is 0 Å². The van der Waals surface area contributed by atoms with Crippen LogP contribution in [-0.2, 0) is 4.79 Å². The summed E-state index contributed by atoms with van der Waals surface area (Å²) in [5.41, 5.74) is 1.84. The summed E-state index contributed by atoms with van der Waals surface area (Å²) in [6, 6.07) is 13.3. The lowest BCUT2D eigenvalue weighted by Crippen LogP contribution is -2.33. The van der Waals surface area contributed by atoms with E-state index in [0.29, 0.717) is 31.2 Å². The maximum absolute atomic E-state index is 12.2. The molecule has 134 valence electrons. The van der Waals surface area contributed by atoms with E-state index in [4.69, 9.17) is 9.47 Å². The number of para-hydroxylation sites is 2. The normalized spacial score (nSPS) is 10.6. The predicted molar refractivity (Wildman–Crippen MR) is 103 cm³/mol. The van der Waals surface area contributed by atoms with Gasteiger partial charge >= 0.3 is 0 Å². The van der Waals surface area contributed by atoms with E-state index in [0.717, 1.165) is 15.7 Å². The maximum atomic E-state index is 12.2. The first-order chi connectivity index (χ1) is 12.0. The van der Waals surface area contributed by atoms with Crippen LogP contribution in [0.2, 0.25) is 0 Å². The van der Waals surface area contributed by atoms with Crippen LogP contribution in [0.5, 0.6) is 11.5 Å². The average molecular weight is 407 g/mol. The standard InChI is InChI=1S/C19H23BrN2O3/c1-14-12-15(20)8-9-16(14)21-19(23)13-22(2)10-11-25-18-7-5-4-6-17(18)24-3/h4-9,12H,10-11,13H2,1-3H3,(H,21,23). The van der Waals surface area contributed by atoms with Gasteiger partial charge in [0.05, 0.1) is 13.7 Å². The second kappa shape index (κ2) is 9.44. The van der Waals surface area contributed by atoms with Gasteiger partial charge in [-0.15, -0.1) is 0 Å². The number of ether oxygens (including phenoxy) is 2. The van der Waals surface area contributed by atoms with Gasteiger partial charge in [-0.05, 0) is 49.9 Å². The summed E-state index contributed by atoms with van der Waals surface area (Å²) >= 11 is 3.42. The second-order valence-electron chi connectivity index (χ2n) is 5.74. The zero-order valence-corrected chi connectivity index (χ0v) is 16.3. The molecule has 0 bridgehead atoms. The highest BCUT2D eigenvalue weighted by Gasteiger charge is 2.09. The molecule has 0 radical (unpaired) electrons. The van der Waals surface area contributed by atoms with Gasteiger partial charge in [-0.3, -0.25) is 9.69 Å². The largest absolute Gasteiger partial charge is 0.493 e. The van der Waals surface area contributed by atoms with E-state index < -0.39 is 0 Å². The van der Waals surface area contributed by atoms with E-state index in [-0.39, 0.29) is 5.91 Å². The number of amides is 1. The number of rotatable bonds is 8. The fourth-order valence-electron chi connectivity index (χ4n) is 2.33. The van der Waals surface area contributed by atoms with E-state index in [1.54, 1.807) is 7.11 Å². The molecule has 0 saturated heterocycles. The van der Waals surface area contributed by atoms with E-state index in [9.17, 15) is 4.79 Å². The van der Waals surface area contributed by atoms with Crippen LogP contribution in [0.3, 0.4) is 0 Å². The highest BCUT2D eigenvalue weighted by Crippen LogP contribution is 2.25. The number of nitrogens with one attached hydrogen (secondary N) is 1. The molecule has 0 aliphatic carbocycles. The molecule has 0 fully saturated rings. The number of nitrogens with zero attached hydrogens (tertiary/aromatic N) is 1. The van der Waals surface area contributed by atoms with Crippen LogP contribution in [0.1, 0.15) is 5.56 Å². The summed E-state index contributed by atoms with van der Waals surface area (Å²) in [4.78, 5) is 14.1. The van der Waals surface area contributed by atoms with Crippen LogP contribution >= 0.6 is 15.9 Å². The fraction of sp³-hybridized carbons (Fsp3) is 0.316. The number of carbonyl (C=O) groups is 1. The Morgan fingerprint density at radius 3 is 2.60 bits per heavy atom. The molecule has 0 heterocycles. The number of aryl methyl sites for hydroxylation is 1. The van der Waals surface area contributed by atoms with Crippen molar-refractivity contribution in [2.75, 3.05) is 39.2 Å². The third kappa shape index (κ3) is 6.07. The minimum atomic E-state index is -0.0507. The lowest BCUT2D eigenvalue weighted by atomic mass is 10.2. The Labute approximate surface area is 157 Å². The third-order valence-corrected chi connectivity index (χ3v) is 4.17. The summed E-state index contributed by atoms with van der Waals surface area (Å²) in [6.07, 6.45) is 0. The topological polar surface area (TPSA) is 50.8 Å². The Bertz CT molecular complexity index is 722. The number of carbonyl (C=O) groups excluding carboxylic acids is 1. The smallest absolute Gasteiger partial charge is 0.238 e. The van der Waals surface area contributed by atoms with Crippen molar-refractivity contribution in [1.82, 2.24) is 4.90 Å². The van der Waals surface area contributed by atoms with Crippen molar-refractivity contribution in [3.05, 3.63) is 52.5 Å². The molecule has 1 amide bonds. The predicted octanol–water partition coefficient (Wildman–Crippen LogP) is 3.72. The summed E-state index contributed by atoms with van der Waals surface area (Å²) in [7, 11) is 3.50. The first kappa shape index (κ1) is 19.3. The van der Waals surface area contributed by atoms with Crippen LogP contribution in [0.4, 0.5) is 5.69 Å². The average Bonchev–Trinajstić information content (AvgIpc) is 2.58. The summed E-state index contributed by atoms with van der Waals surface area (Å²) < 4.78 is 12.0. The SMILES string of the molecule is COc1ccccc1OCCN(C)CC(=O)Nc1ccc(Br)cc1C. The molecule has 0 spiro atoms. The van der Waals surface area contributed by atoms with Gasteiger partial charge < -0.3 is 14.8 Å². The van der Waals surface area contributed by atoms with Crippen LogP contribution in [0, 0.1) is 6.92 Å². The van der Waals surface area contributed by atoms with Crippen molar-refractivity contribution in [2.24, 2.45) is 0 Å². The first-order valence-electron chi connectivity index (χ1n) is 8.00. The molecule has 2 aromatic rings. The Kier molecular flexibility index (Phi) is 7.28. The van der Waals surface area contributed by atoms with Gasteiger partial charge in [0.2, 0.25) is 5.91 Å². The molecular formula is C19H23BrN2O3. The van der Waals surface area contributed by atoms with Crippen LogP contribution < -0.4 is 14.8 Å². The molecule has 0 saturated carbocycles. The number of hydrogen-bond acceptors (Lipinski definition) is 4. The lowest BCUT2D eigenvalue weighted by molar-refractivity contribution is -0.117. The minimum Gasteiger partial charge on any atom is -0.493 e. The van der Waals surface area contributed by atoms with Crippen molar-refractivity contribution < 1.29 is 14.3 Å². The minimum absolute atomic E-state index is 0.0507. The Balaban J connectivity index is 1.77. The van der Waals surface area contributed by atoms with Crippen molar-refractivity contribution in [3.63, 3.8) is 0 Å². The van der Waals surface area contributed by atoms with Crippen LogP contribution in [0.15, 0.2) is 46.9 Å². The lowest BCUT2D eigenvalue weighted by Gasteiger charge is -2.18. The number of halogens is 1. The molecular weight excluding hydrogens is 384 g/mol. The van der Waals surface area contributed by atoms with Crippen molar-refractivity contribution in [1.29, 1.82) is 0 Å². The van der Waals surface area contributed by atoms with Gasteiger partial charge in [0.25, 0.3) is 0 Å². The number of hydrogen-bond donors (Lipinski definition) is 1. The van der Waals surface area contributed by atoms with Gasteiger partial charge in [-0.1, -0.05) is 28.1 Å².